The summed E-state index contributed by atoms with van der Waals surface area (Å²) in [6, 6.07) is 2.13. The summed E-state index contributed by atoms with van der Waals surface area (Å²) in [5, 5.41) is 2.12. The highest BCUT2D eigenvalue weighted by molar-refractivity contribution is 8.00. The van der Waals surface area contributed by atoms with Crippen LogP contribution in [0.5, 0.6) is 0 Å². The summed E-state index contributed by atoms with van der Waals surface area (Å²) >= 11 is 3.57. The number of thioether (sulfide) groups is 1. The lowest BCUT2D eigenvalue weighted by molar-refractivity contribution is -0.142. The highest BCUT2D eigenvalue weighted by Gasteiger charge is 2.34. The van der Waals surface area contributed by atoms with Gasteiger partial charge in [-0.2, -0.15) is 0 Å². The van der Waals surface area contributed by atoms with Crippen LogP contribution in [0.4, 0.5) is 0 Å². The van der Waals surface area contributed by atoms with E-state index in [0.29, 0.717) is 0 Å². The van der Waals surface area contributed by atoms with Crippen molar-refractivity contribution >= 4 is 29.0 Å². The van der Waals surface area contributed by atoms with Crippen LogP contribution in [0, 0.1) is 0 Å². The van der Waals surface area contributed by atoms with E-state index in [-0.39, 0.29) is 23.4 Å². The van der Waals surface area contributed by atoms with E-state index in [1.807, 2.05) is 18.7 Å². The van der Waals surface area contributed by atoms with Gasteiger partial charge < -0.3 is 9.64 Å². The molecule has 2 aliphatic rings. The maximum atomic E-state index is 12.8. The number of hydrogen-bond acceptors (Lipinski definition) is 4. The van der Waals surface area contributed by atoms with Gasteiger partial charge in [-0.1, -0.05) is 0 Å². The Kier molecular flexibility index (Phi) is 3.87. The number of carbonyl (C=O) groups is 1. The molecule has 0 aromatic carbocycles. The van der Waals surface area contributed by atoms with Gasteiger partial charge in [0.05, 0.1) is 12.2 Å². The second-order valence-corrected chi connectivity index (χ2v) is 7.51. The molecule has 3 heterocycles. The van der Waals surface area contributed by atoms with E-state index >= 15 is 0 Å². The number of aryl methyl sites for hydroxylation is 1. The molecular weight excluding hydrogens is 278 g/mol. The molecule has 5 heteroatoms. The Morgan fingerprint density at radius 2 is 2.11 bits per heavy atom. The summed E-state index contributed by atoms with van der Waals surface area (Å²) in [6.45, 7) is 5.53. The van der Waals surface area contributed by atoms with Gasteiger partial charge in [0.15, 0.2) is 0 Å². The second kappa shape index (κ2) is 5.46. The highest BCUT2D eigenvalue weighted by Crippen LogP contribution is 2.40. The van der Waals surface area contributed by atoms with E-state index in [1.54, 1.807) is 23.1 Å². The molecule has 1 aromatic rings. The van der Waals surface area contributed by atoms with E-state index in [0.717, 1.165) is 25.3 Å². The average Bonchev–Trinajstić information content (AvgIpc) is 2.84. The first kappa shape index (κ1) is 13.5. The quantitative estimate of drug-likeness (QED) is 0.798. The maximum absolute atomic E-state index is 12.8. The Balaban J connectivity index is 1.78. The first-order valence-electron chi connectivity index (χ1n) is 6.77. The van der Waals surface area contributed by atoms with Gasteiger partial charge in [0.2, 0.25) is 5.91 Å². The van der Waals surface area contributed by atoms with Gasteiger partial charge in [0.1, 0.15) is 5.25 Å². The van der Waals surface area contributed by atoms with Crippen molar-refractivity contribution in [1.82, 2.24) is 4.90 Å². The standard InChI is InChI=1S/C14H19NO2S2/c1-9-7-15(8-10(2)17-9)14(16)13-11-3-5-18-12(11)4-6-19-13/h3,5,9-10,13H,4,6-8H2,1-2H3. The van der Waals surface area contributed by atoms with E-state index < -0.39 is 0 Å². The number of hydrogen-bond donors (Lipinski definition) is 0. The average molecular weight is 297 g/mol. The summed E-state index contributed by atoms with van der Waals surface area (Å²) in [7, 11) is 0. The van der Waals surface area contributed by atoms with Crippen molar-refractivity contribution in [3.8, 4) is 0 Å². The molecular formula is C14H19NO2S2. The lowest BCUT2D eigenvalue weighted by atomic mass is 10.1. The minimum atomic E-state index is 0.00694. The largest absolute Gasteiger partial charge is 0.372 e. The van der Waals surface area contributed by atoms with Gasteiger partial charge in [-0.05, 0) is 43.0 Å². The number of ether oxygens (including phenoxy) is 1. The topological polar surface area (TPSA) is 29.5 Å². The molecule has 3 nitrogen and oxygen atoms in total. The molecule has 3 unspecified atom stereocenters. The highest BCUT2D eigenvalue weighted by atomic mass is 32.2. The van der Waals surface area contributed by atoms with Gasteiger partial charge in [-0.25, -0.2) is 0 Å². The van der Waals surface area contributed by atoms with E-state index in [4.69, 9.17) is 4.74 Å². The van der Waals surface area contributed by atoms with Crippen molar-refractivity contribution in [2.45, 2.75) is 37.7 Å². The SMILES string of the molecule is CC1CN(C(=O)C2SCCc3sccc32)CC(C)O1. The molecule has 1 aromatic heterocycles. The minimum absolute atomic E-state index is 0.00694. The molecule has 0 N–H and O–H groups in total. The smallest absolute Gasteiger partial charge is 0.240 e. The van der Waals surface area contributed by atoms with Crippen LogP contribution in [-0.2, 0) is 16.0 Å². The number of morpholine rings is 1. The summed E-state index contributed by atoms with van der Waals surface area (Å²) in [5.74, 6) is 1.32. The molecule has 0 aliphatic carbocycles. The predicted octanol–water partition coefficient (Wildman–Crippen LogP) is 2.71. The molecule has 0 bridgehead atoms. The number of fused-ring (bicyclic) bond motifs is 1. The molecule has 0 spiro atoms. The fourth-order valence-corrected chi connectivity index (χ4v) is 5.25. The molecule has 0 saturated carbocycles. The van der Waals surface area contributed by atoms with E-state index in [2.05, 4.69) is 11.4 Å². The zero-order chi connectivity index (χ0) is 13.4. The Morgan fingerprint density at radius 3 is 2.84 bits per heavy atom. The van der Waals surface area contributed by atoms with Crippen LogP contribution >= 0.6 is 23.1 Å². The van der Waals surface area contributed by atoms with Crippen molar-refractivity contribution in [2.24, 2.45) is 0 Å². The van der Waals surface area contributed by atoms with Gasteiger partial charge in [0.25, 0.3) is 0 Å². The van der Waals surface area contributed by atoms with Crippen molar-refractivity contribution in [1.29, 1.82) is 0 Å². The molecule has 1 fully saturated rings. The predicted molar refractivity (Wildman–Crippen MR) is 79.8 cm³/mol. The first-order chi connectivity index (χ1) is 9.15. The lowest BCUT2D eigenvalue weighted by Gasteiger charge is -2.37. The molecule has 2 aliphatic heterocycles. The third-order valence-electron chi connectivity index (χ3n) is 3.63. The third kappa shape index (κ3) is 2.69. The normalized spacial score (nSPS) is 31.1. The van der Waals surface area contributed by atoms with Crippen LogP contribution < -0.4 is 0 Å². The summed E-state index contributed by atoms with van der Waals surface area (Å²) in [6.07, 6.45) is 1.39. The molecule has 3 atom stereocenters. The third-order valence-corrected chi connectivity index (χ3v) is 5.86. The number of amides is 1. The van der Waals surface area contributed by atoms with Crippen molar-refractivity contribution < 1.29 is 9.53 Å². The molecule has 1 amide bonds. The molecule has 104 valence electrons. The van der Waals surface area contributed by atoms with E-state index in [1.165, 1.54) is 10.4 Å². The van der Waals surface area contributed by atoms with Gasteiger partial charge in [0, 0.05) is 18.0 Å². The number of thiophene rings is 1. The fourth-order valence-electron chi connectivity index (χ4n) is 2.87. The number of rotatable bonds is 1. The van der Waals surface area contributed by atoms with Gasteiger partial charge in [-0.3, -0.25) is 4.79 Å². The molecule has 19 heavy (non-hydrogen) atoms. The molecule has 3 rings (SSSR count). The first-order valence-corrected chi connectivity index (χ1v) is 8.70. The van der Waals surface area contributed by atoms with Crippen LogP contribution in [0.15, 0.2) is 11.4 Å². The molecule has 0 radical (unpaired) electrons. The fraction of sp³-hybridized carbons (Fsp3) is 0.643. The van der Waals surface area contributed by atoms with E-state index in [9.17, 15) is 4.79 Å². The van der Waals surface area contributed by atoms with Gasteiger partial charge >= 0.3 is 0 Å². The molecule has 1 saturated heterocycles. The number of carbonyl (C=O) groups excluding carboxylic acids is 1. The summed E-state index contributed by atoms with van der Waals surface area (Å²) in [4.78, 5) is 16.1. The Bertz CT molecular complexity index is 464. The monoisotopic (exact) mass is 297 g/mol. The van der Waals surface area contributed by atoms with Crippen molar-refractivity contribution in [3.63, 3.8) is 0 Å². The van der Waals surface area contributed by atoms with Crippen LogP contribution in [0.3, 0.4) is 0 Å². The zero-order valence-corrected chi connectivity index (χ0v) is 12.9. The Hall–Kier alpha value is -0.520. The Morgan fingerprint density at radius 1 is 1.37 bits per heavy atom. The van der Waals surface area contributed by atoms with Crippen molar-refractivity contribution in [2.75, 3.05) is 18.8 Å². The van der Waals surface area contributed by atoms with Crippen LogP contribution in [-0.4, -0.2) is 41.9 Å². The number of nitrogens with zero attached hydrogens (tertiary/aromatic N) is 1. The summed E-state index contributed by atoms with van der Waals surface area (Å²) in [5.41, 5.74) is 1.25. The van der Waals surface area contributed by atoms with Crippen LogP contribution in [0.2, 0.25) is 0 Å². The van der Waals surface area contributed by atoms with Crippen LogP contribution in [0.1, 0.15) is 29.5 Å². The Labute approximate surface area is 122 Å². The second-order valence-electron chi connectivity index (χ2n) is 5.30. The minimum Gasteiger partial charge on any atom is -0.372 e. The zero-order valence-electron chi connectivity index (χ0n) is 11.3. The maximum Gasteiger partial charge on any atom is 0.240 e. The van der Waals surface area contributed by atoms with Crippen molar-refractivity contribution in [3.05, 3.63) is 21.9 Å². The van der Waals surface area contributed by atoms with Crippen LogP contribution in [0.25, 0.3) is 0 Å². The lowest BCUT2D eigenvalue weighted by Crippen LogP contribution is -2.49. The van der Waals surface area contributed by atoms with Gasteiger partial charge in [-0.15, -0.1) is 23.1 Å². The summed E-state index contributed by atoms with van der Waals surface area (Å²) < 4.78 is 5.71.